The summed E-state index contributed by atoms with van der Waals surface area (Å²) >= 11 is 0. The molecular formula is C25H36N2O. The predicted molar refractivity (Wildman–Crippen MR) is 118 cm³/mol. The highest BCUT2D eigenvalue weighted by atomic mass is 16.3. The molecule has 2 atom stereocenters. The van der Waals surface area contributed by atoms with E-state index in [-0.39, 0.29) is 11.5 Å². The van der Waals surface area contributed by atoms with Crippen LogP contribution in [0.25, 0.3) is 0 Å². The Labute approximate surface area is 170 Å². The largest absolute Gasteiger partial charge is 0.386 e. The van der Waals surface area contributed by atoms with Gasteiger partial charge in [0.1, 0.15) is 6.10 Å². The minimum atomic E-state index is -0.494. The highest BCUT2D eigenvalue weighted by Gasteiger charge is 2.39. The van der Waals surface area contributed by atoms with Gasteiger partial charge in [-0.15, -0.1) is 0 Å². The van der Waals surface area contributed by atoms with Crippen LogP contribution in [0.15, 0.2) is 24.3 Å². The predicted octanol–water partition coefficient (Wildman–Crippen LogP) is 6.43. The van der Waals surface area contributed by atoms with E-state index in [4.69, 9.17) is 4.98 Å². The van der Waals surface area contributed by atoms with Gasteiger partial charge in [0.05, 0.1) is 17.4 Å². The van der Waals surface area contributed by atoms with Gasteiger partial charge in [-0.3, -0.25) is 4.98 Å². The lowest BCUT2D eigenvalue weighted by atomic mass is 9.88. The summed E-state index contributed by atoms with van der Waals surface area (Å²) in [6.07, 6.45) is 0.386. The third-order valence-electron chi connectivity index (χ3n) is 6.07. The van der Waals surface area contributed by atoms with Gasteiger partial charge in [0.25, 0.3) is 0 Å². The summed E-state index contributed by atoms with van der Waals surface area (Å²) in [7, 11) is 0. The SMILES string of the molecule is Cc1cc(C(C)C)c(NC(C)c2ccc3c(n2)C(O)C(C)(C)C3)c(C(C)C)c1. The first-order valence-electron chi connectivity index (χ1n) is 10.6. The number of nitrogens with one attached hydrogen (secondary N) is 1. The highest BCUT2D eigenvalue weighted by molar-refractivity contribution is 5.62. The first-order chi connectivity index (χ1) is 13.0. The van der Waals surface area contributed by atoms with E-state index in [9.17, 15) is 5.11 Å². The number of fused-ring (bicyclic) bond motifs is 1. The van der Waals surface area contributed by atoms with Gasteiger partial charge in [-0.25, -0.2) is 0 Å². The molecule has 28 heavy (non-hydrogen) atoms. The van der Waals surface area contributed by atoms with Gasteiger partial charge in [-0.2, -0.15) is 0 Å². The molecule has 0 bridgehead atoms. The molecule has 0 spiro atoms. The lowest BCUT2D eigenvalue weighted by Crippen LogP contribution is -2.18. The Morgan fingerprint density at radius 1 is 1.04 bits per heavy atom. The molecule has 152 valence electrons. The van der Waals surface area contributed by atoms with Gasteiger partial charge in [-0.1, -0.05) is 65.3 Å². The van der Waals surface area contributed by atoms with Crippen LogP contribution in [0.4, 0.5) is 5.69 Å². The summed E-state index contributed by atoms with van der Waals surface area (Å²) < 4.78 is 0. The summed E-state index contributed by atoms with van der Waals surface area (Å²) in [6, 6.07) is 8.93. The van der Waals surface area contributed by atoms with Crippen LogP contribution in [-0.4, -0.2) is 10.1 Å². The Hall–Kier alpha value is -1.87. The molecule has 0 amide bonds. The highest BCUT2D eigenvalue weighted by Crippen LogP contribution is 2.44. The average molecular weight is 381 g/mol. The van der Waals surface area contributed by atoms with Crippen molar-refractivity contribution in [3.8, 4) is 0 Å². The molecule has 0 saturated carbocycles. The summed E-state index contributed by atoms with van der Waals surface area (Å²) in [5.74, 6) is 0.894. The van der Waals surface area contributed by atoms with Gasteiger partial charge in [0.15, 0.2) is 0 Å². The normalized spacial score (nSPS) is 19.2. The maximum Gasteiger partial charge on any atom is 0.102 e. The minimum Gasteiger partial charge on any atom is -0.386 e. The fourth-order valence-corrected chi connectivity index (χ4v) is 4.32. The van der Waals surface area contributed by atoms with Crippen molar-refractivity contribution < 1.29 is 5.11 Å². The topological polar surface area (TPSA) is 45.2 Å². The standard InChI is InChI=1S/C25H36N2O/c1-14(2)19-11-16(5)12-20(15(3)4)23(19)26-17(6)21-10-9-18-13-25(7,8)24(28)22(18)27-21/h9-12,14-15,17,24,26,28H,13H2,1-8H3. The van der Waals surface area contributed by atoms with Gasteiger partial charge < -0.3 is 10.4 Å². The number of anilines is 1. The van der Waals surface area contributed by atoms with Crippen molar-refractivity contribution in [1.82, 2.24) is 4.98 Å². The van der Waals surface area contributed by atoms with Crippen LogP contribution >= 0.6 is 0 Å². The Kier molecular flexibility index (Phi) is 5.60. The molecular weight excluding hydrogens is 344 g/mol. The quantitative estimate of drug-likeness (QED) is 0.628. The summed E-state index contributed by atoms with van der Waals surface area (Å²) in [6.45, 7) is 17.6. The molecule has 3 heteroatoms. The van der Waals surface area contributed by atoms with Crippen molar-refractivity contribution in [1.29, 1.82) is 0 Å². The van der Waals surface area contributed by atoms with Crippen molar-refractivity contribution >= 4 is 5.69 Å². The van der Waals surface area contributed by atoms with Crippen LogP contribution in [0.1, 0.15) is 106 Å². The maximum absolute atomic E-state index is 10.7. The van der Waals surface area contributed by atoms with Crippen LogP contribution in [0, 0.1) is 12.3 Å². The summed E-state index contributed by atoms with van der Waals surface area (Å²) in [4.78, 5) is 4.88. The zero-order valence-electron chi connectivity index (χ0n) is 18.7. The van der Waals surface area contributed by atoms with Crippen LogP contribution in [0.2, 0.25) is 0 Å². The number of aryl methyl sites for hydroxylation is 1. The maximum atomic E-state index is 10.7. The third kappa shape index (κ3) is 3.82. The molecule has 1 aromatic carbocycles. The number of aliphatic hydroxyl groups is 1. The number of hydrogen-bond acceptors (Lipinski definition) is 3. The molecule has 3 nitrogen and oxygen atoms in total. The van der Waals surface area contributed by atoms with Crippen molar-refractivity contribution in [2.45, 2.75) is 85.8 Å². The fraction of sp³-hybridized carbons (Fsp3) is 0.560. The smallest absolute Gasteiger partial charge is 0.102 e. The number of nitrogens with zero attached hydrogens (tertiary/aromatic N) is 1. The molecule has 0 saturated heterocycles. The van der Waals surface area contributed by atoms with E-state index >= 15 is 0 Å². The van der Waals surface area contributed by atoms with Crippen molar-refractivity contribution in [2.75, 3.05) is 5.32 Å². The monoisotopic (exact) mass is 380 g/mol. The van der Waals surface area contributed by atoms with Gasteiger partial charge in [-0.05, 0) is 54.9 Å². The van der Waals surface area contributed by atoms with Crippen LogP contribution in [0.5, 0.6) is 0 Å². The third-order valence-corrected chi connectivity index (χ3v) is 6.07. The molecule has 0 radical (unpaired) electrons. The van der Waals surface area contributed by atoms with E-state index in [1.54, 1.807) is 0 Å². The molecule has 2 N–H and O–H groups in total. The average Bonchev–Trinajstić information content (AvgIpc) is 2.84. The first-order valence-corrected chi connectivity index (χ1v) is 10.6. The molecule has 1 heterocycles. The van der Waals surface area contributed by atoms with Crippen LogP contribution in [-0.2, 0) is 6.42 Å². The molecule has 2 aromatic rings. The molecule has 3 rings (SSSR count). The zero-order chi connectivity index (χ0) is 20.8. The number of aromatic nitrogens is 1. The van der Waals surface area contributed by atoms with Gasteiger partial charge in [0.2, 0.25) is 0 Å². The number of rotatable bonds is 5. The summed E-state index contributed by atoms with van der Waals surface area (Å²) in [5, 5.41) is 14.5. The second-order valence-electron chi connectivity index (χ2n) is 9.84. The number of hydrogen-bond donors (Lipinski definition) is 2. The molecule has 1 aliphatic carbocycles. The van der Waals surface area contributed by atoms with E-state index in [1.807, 2.05) is 0 Å². The minimum absolute atomic E-state index is 0.0684. The Bertz CT molecular complexity index is 838. The number of pyridine rings is 1. The second-order valence-corrected chi connectivity index (χ2v) is 9.84. The molecule has 0 fully saturated rings. The molecule has 0 aliphatic heterocycles. The van der Waals surface area contributed by atoms with Gasteiger partial charge >= 0.3 is 0 Å². The second kappa shape index (κ2) is 7.51. The Morgan fingerprint density at radius 3 is 2.14 bits per heavy atom. The molecule has 2 unspecified atom stereocenters. The van der Waals surface area contributed by atoms with E-state index < -0.39 is 6.10 Å². The van der Waals surface area contributed by atoms with Crippen LogP contribution < -0.4 is 5.32 Å². The van der Waals surface area contributed by atoms with E-state index in [0.29, 0.717) is 11.8 Å². The van der Waals surface area contributed by atoms with Gasteiger partial charge in [0, 0.05) is 11.1 Å². The first kappa shape index (κ1) is 20.9. The van der Waals surface area contributed by atoms with E-state index in [2.05, 4.69) is 85.0 Å². The van der Waals surface area contributed by atoms with E-state index in [0.717, 1.165) is 17.8 Å². The molecule has 1 aliphatic rings. The number of aliphatic hydroxyl groups excluding tert-OH is 1. The number of benzene rings is 1. The Morgan fingerprint density at radius 2 is 1.61 bits per heavy atom. The van der Waals surface area contributed by atoms with Crippen LogP contribution in [0.3, 0.4) is 0 Å². The lowest BCUT2D eigenvalue weighted by molar-refractivity contribution is 0.0635. The summed E-state index contributed by atoms with van der Waals surface area (Å²) in [5.41, 5.74) is 8.15. The lowest BCUT2D eigenvalue weighted by Gasteiger charge is -2.25. The Balaban J connectivity index is 1.97. The van der Waals surface area contributed by atoms with Crippen molar-refractivity contribution in [3.05, 3.63) is 57.9 Å². The van der Waals surface area contributed by atoms with Crippen molar-refractivity contribution in [3.63, 3.8) is 0 Å². The zero-order valence-corrected chi connectivity index (χ0v) is 18.7. The van der Waals surface area contributed by atoms with Crippen molar-refractivity contribution in [2.24, 2.45) is 5.41 Å². The molecule has 1 aromatic heterocycles. The fourth-order valence-electron chi connectivity index (χ4n) is 4.32. The van der Waals surface area contributed by atoms with E-state index in [1.165, 1.54) is 27.9 Å².